The largest absolute Gasteiger partial charge is 0.497 e. The van der Waals surface area contributed by atoms with Crippen molar-refractivity contribution in [1.82, 2.24) is 20.0 Å². The molecule has 0 saturated carbocycles. The monoisotopic (exact) mass is 346 g/mol. The maximum absolute atomic E-state index is 13.0. The number of piperazine rings is 1. The minimum atomic E-state index is -0.250. The number of hydrogen-bond donors (Lipinski definition) is 2. The molecule has 8 heteroatoms. The maximum atomic E-state index is 13.0. The van der Waals surface area contributed by atoms with Gasteiger partial charge in [0, 0.05) is 30.6 Å². The van der Waals surface area contributed by atoms with E-state index in [4.69, 9.17) is 14.6 Å². The highest BCUT2D eigenvalue weighted by atomic mass is 16.5. The van der Waals surface area contributed by atoms with E-state index in [9.17, 15) is 4.79 Å². The van der Waals surface area contributed by atoms with E-state index in [1.807, 2.05) is 23.1 Å². The van der Waals surface area contributed by atoms with Gasteiger partial charge in [0.05, 0.1) is 12.6 Å². The van der Waals surface area contributed by atoms with E-state index in [0.717, 1.165) is 36.2 Å². The van der Waals surface area contributed by atoms with Crippen molar-refractivity contribution >= 4 is 23.3 Å². The number of H-pyrrole nitrogens is 1. The van der Waals surface area contributed by atoms with Gasteiger partial charge in [-0.15, -0.1) is 0 Å². The van der Waals surface area contributed by atoms with Gasteiger partial charge in [-0.05, 0) is 38.1 Å². The number of aromatic nitrogens is 2. The first-order chi connectivity index (χ1) is 12.1. The summed E-state index contributed by atoms with van der Waals surface area (Å²) in [7, 11) is 3.77. The van der Waals surface area contributed by atoms with E-state index >= 15 is 0 Å². The van der Waals surface area contributed by atoms with Gasteiger partial charge >= 0.3 is 0 Å². The highest BCUT2D eigenvalue weighted by molar-refractivity contribution is 6.05. The maximum Gasteiger partial charge on any atom is 0.290 e. The predicted molar refractivity (Wildman–Crippen MR) is 91.8 cm³/mol. The lowest BCUT2D eigenvalue weighted by Crippen LogP contribution is -2.62. The Kier molecular flexibility index (Phi) is 4.89. The summed E-state index contributed by atoms with van der Waals surface area (Å²) >= 11 is 0. The summed E-state index contributed by atoms with van der Waals surface area (Å²) in [5.41, 5.74) is 1.37. The van der Waals surface area contributed by atoms with Gasteiger partial charge in [0.15, 0.2) is 5.69 Å². The molecule has 2 N–H and O–H groups in total. The molecule has 3 aliphatic heterocycles. The van der Waals surface area contributed by atoms with Crippen molar-refractivity contribution in [3.63, 3.8) is 0 Å². The lowest BCUT2D eigenvalue weighted by atomic mass is 9.91. The number of fused-ring (bicyclic) bond motifs is 4. The van der Waals surface area contributed by atoms with Crippen LogP contribution in [-0.4, -0.2) is 76.8 Å². The molecule has 8 nitrogen and oxygen atoms in total. The predicted octanol–water partition coefficient (Wildman–Crippen LogP) is 1.19. The summed E-state index contributed by atoms with van der Waals surface area (Å²) in [5, 5.41) is 14.9. The summed E-state index contributed by atoms with van der Waals surface area (Å²) in [5.74, 6) is 0.769. The lowest BCUT2D eigenvalue weighted by molar-refractivity contribution is -0.122. The van der Waals surface area contributed by atoms with Crippen molar-refractivity contribution < 1.29 is 19.4 Å². The smallest absolute Gasteiger partial charge is 0.290 e. The molecule has 4 heterocycles. The van der Waals surface area contributed by atoms with Crippen molar-refractivity contribution in [1.29, 1.82) is 0 Å². The van der Waals surface area contributed by atoms with Crippen LogP contribution in [0.2, 0.25) is 0 Å². The number of hydrogen-bond acceptors (Lipinski definition) is 5. The van der Waals surface area contributed by atoms with Crippen molar-refractivity contribution in [2.24, 2.45) is 0 Å². The van der Waals surface area contributed by atoms with Crippen LogP contribution < -0.4 is 4.74 Å². The molecule has 0 aliphatic carbocycles. The molecule has 3 saturated heterocycles. The van der Waals surface area contributed by atoms with Crippen molar-refractivity contribution in [2.45, 2.75) is 24.9 Å². The average molecular weight is 346 g/mol. The molecule has 2 bridgehead atoms. The van der Waals surface area contributed by atoms with Gasteiger partial charge < -0.3 is 14.7 Å². The van der Waals surface area contributed by atoms with E-state index < -0.39 is 0 Å². The third-order valence-corrected chi connectivity index (χ3v) is 5.04. The van der Waals surface area contributed by atoms with E-state index in [1.165, 1.54) is 6.42 Å². The van der Waals surface area contributed by atoms with Gasteiger partial charge in [0.2, 0.25) is 0 Å². The molecule has 3 aliphatic rings. The highest BCUT2D eigenvalue weighted by Gasteiger charge is 2.40. The van der Waals surface area contributed by atoms with Crippen LogP contribution in [0.25, 0.3) is 10.9 Å². The number of ether oxygens (including phenoxy) is 1. The number of methoxy groups -OCH3 is 1. The number of carbonyl (C=O) groups excluding carboxylic acids is 1. The van der Waals surface area contributed by atoms with Gasteiger partial charge in [-0.3, -0.25) is 19.6 Å². The molecule has 0 radical (unpaired) electrons. The second kappa shape index (κ2) is 7.10. The Morgan fingerprint density at radius 1 is 1.36 bits per heavy atom. The average Bonchev–Trinajstić information content (AvgIpc) is 3.05. The first-order valence-electron chi connectivity index (χ1n) is 8.20. The zero-order valence-electron chi connectivity index (χ0n) is 14.3. The molecule has 25 heavy (non-hydrogen) atoms. The third kappa shape index (κ3) is 3.17. The molecular formula is C17H22N4O4. The molecule has 134 valence electrons. The molecule has 0 spiro atoms. The number of piperidine rings is 2. The molecule has 1 aromatic carbocycles. The van der Waals surface area contributed by atoms with Gasteiger partial charge in [0.25, 0.3) is 12.4 Å². The number of amides is 1. The number of aromatic amines is 1. The van der Waals surface area contributed by atoms with Crippen LogP contribution in [0.5, 0.6) is 5.75 Å². The summed E-state index contributed by atoms with van der Waals surface area (Å²) in [6.45, 7) is 1.51. The molecule has 5 rings (SSSR count). The molecule has 1 aromatic heterocycles. The fourth-order valence-electron chi connectivity index (χ4n) is 3.71. The van der Waals surface area contributed by atoms with Gasteiger partial charge in [-0.1, -0.05) is 0 Å². The molecule has 1 amide bonds. The number of likely N-dealkylation sites (N-methyl/N-ethyl adjacent to an activating group) is 1. The SMILES string of the molecule is COc1ccc2[nH]nc(C(=O)N3CC4CCC3CN4C)c2c1.O=CO. The Hall–Kier alpha value is -2.61. The first kappa shape index (κ1) is 17.2. The lowest BCUT2D eigenvalue weighted by Gasteiger charge is -2.50. The van der Waals surface area contributed by atoms with Gasteiger partial charge in [-0.25, -0.2) is 0 Å². The van der Waals surface area contributed by atoms with Crippen LogP contribution in [-0.2, 0) is 4.79 Å². The van der Waals surface area contributed by atoms with E-state index in [1.54, 1.807) is 7.11 Å². The second-order valence-electron chi connectivity index (χ2n) is 6.37. The first-order valence-corrected chi connectivity index (χ1v) is 8.20. The Labute approximate surface area is 145 Å². The summed E-state index contributed by atoms with van der Waals surface area (Å²) in [6, 6.07) is 6.43. The standard InChI is InChI=1S/C16H20N4O2.CH2O2/c1-19-8-11-4-3-10(19)9-20(11)16(21)15-13-7-12(22-2)5-6-14(13)17-18-15;2-1-3/h5-7,10-11H,3-4,8-9H2,1-2H3,(H,17,18);1H,(H,2,3). The highest BCUT2D eigenvalue weighted by Crippen LogP contribution is 2.30. The second-order valence-corrected chi connectivity index (χ2v) is 6.37. The fraction of sp³-hybridized carbons (Fsp3) is 0.471. The number of rotatable bonds is 2. The molecule has 2 unspecified atom stereocenters. The van der Waals surface area contributed by atoms with Crippen LogP contribution in [0.4, 0.5) is 0 Å². The normalized spacial score (nSPS) is 22.4. The fourth-order valence-corrected chi connectivity index (χ4v) is 3.71. The third-order valence-electron chi connectivity index (χ3n) is 5.04. The van der Waals surface area contributed by atoms with Crippen LogP contribution in [0.15, 0.2) is 18.2 Å². The Balaban J connectivity index is 0.000000569. The Bertz CT molecular complexity index is 775. The van der Waals surface area contributed by atoms with Crippen molar-refractivity contribution in [3.05, 3.63) is 23.9 Å². The Morgan fingerprint density at radius 3 is 2.68 bits per heavy atom. The van der Waals surface area contributed by atoms with Crippen LogP contribution >= 0.6 is 0 Å². The molecule has 3 fully saturated rings. The van der Waals surface area contributed by atoms with Crippen LogP contribution in [0.3, 0.4) is 0 Å². The summed E-state index contributed by atoms with van der Waals surface area (Å²) in [4.78, 5) is 25.7. The quantitative estimate of drug-likeness (QED) is 0.793. The van der Waals surface area contributed by atoms with Crippen LogP contribution in [0.1, 0.15) is 23.3 Å². The van der Waals surface area contributed by atoms with Crippen molar-refractivity contribution in [2.75, 3.05) is 27.2 Å². The molecule has 2 aromatic rings. The van der Waals surface area contributed by atoms with E-state index in [-0.39, 0.29) is 12.4 Å². The van der Waals surface area contributed by atoms with Gasteiger partial charge in [-0.2, -0.15) is 5.10 Å². The number of nitrogens with zero attached hydrogens (tertiary/aromatic N) is 3. The summed E-state index contributed by atoms with van der Waals surface area (Å²) < 4.78 is 5.26. The molecular weight excluding hydrogens is 324 g/mol. The number of carbonyl (C=O) groups is 2. The number of carboxylic acid groups (broad SMARTS) is 1. The zero-order chi connectivity index (χ0) is 18.0. The number of nitrogens with one attached hydrogen (secondary N) is 1. The van der Waals surface area contributed by atoms with Crippen LogP contribution in [0, 0.1) is 0 Å². The topological polar surface area (TPSA) is 98.8 Å². The molecule has 2 atom stereocenters. The zero-order valence-corrected chi connectivity index (χ0v) is 14.3. The minimum Gasteiger partial charge on any atom is -0.497 e. The van der Waals surface area contributed by atoms with E-state index in [2.05, 4.69) is 22.1 Å². The number of benzene rings is 1. The van der Waals surface area contributed by atoms with Crippen molar-refractivity contribution in [3.8, 4) is 5.75 Å². The van der Waals surface area contributed by atoms with E-state index in [0.29, 0.717) is 17.8 Å². The minimum absolute atomic E-state index is 0.0299. The summed E-state index contributed by atoms with van der Waals surface area (Å²) in [6.07, 6.45) is 2.27. The Morgan fingerprint density at radius 2 is 2.08 bits per heavy atom. The van der Waals surface area contributed by atoms with Gasteiger partial charge in [0.1, 0.15) is 5.75 Å².